The predicted octanol–water partition coefficient (Wildman–Crippen LogP) is 4.52. The molecule has 0 radical (unpaired) electrons. The Morgan fingerprint density at radius 2 is 1.77 bits per heavy atom. The lowest BCUT2D eigenvalue weighted by Crippen LogP contribution is -2.08. The SMILES string of the molecule is CCn1c(CNc2ccc(OC)cc2)nnc1SCc1ccc(C)cc1. The fraction of sp³-hybridized carbons (Fsp3) is 0.300. The molecular weight excluding hydrogens is 344 g/mol. The molecule has 1 heterocycles. The number of anilines is 1. The molecule has 6 heteroatoms. The van der Waals surface area contributed by atoms with Gasteiger partial charge in [-0.15, -0.1) is 10.2 Å². The van der Waals surface area contributed by atoms with Crippen molar-refractivity contribution in [3.63, 3.8) is 0 Å². The molecule has 0 aliphatic heterocycles. The van der Waals surface area contributed by atoms with Crippen molar-refractivity contribution < 1.29 is 4.74 Å². The Kier molecular flexibility index (Phi) is 6.17. The van der Waals surface area contributed by atoms with E-state index in [1.807, 2.05) is 24.3 Å². The lowest BCUT2D eigenvalue weighted by atomic mass is 10.2. The van der Waals surface area contributed by atoms with E-state index in [0.29, 0.717) is 6.54 Å². The first-order valence-corrected chi connectivity index (χ1v) is 9.66. The number of benzene rings is 2. The van der Waals surface area contributed by atoms with Crippen molar-refractivity contribution in [1.82, 2.24) is 14.8 Å². The molecule has 1 N–H and O–H groups in total. The van der Waals surface area contributed by atoms with Gasteiger partial charge < -0.3 is 14.6 Å². The van der Waals surface area contributed by atoms with E-state index in [1.54, 1.807) is 18.9 Å². The van der Waals surface area contributed by atoms with Gasteiger partial charge in [0.05, 0.1) is 13.7 Å². The van der Waals surface area contributed by atoms with Gasteiger partial charge in [-0.25, -0.2) is 0 Å². The molecule has 0 fully saturated rings. The van der Waals surface area contributed by atoms with Gasteiger partial charge in [-0.2, -0.15) is 0 Å². The number of nitrogens with zero attached hydrogens (tertiary/aromatic N) is 3. The topological polar surface area (TPSA) is 52.0 Å². The molecule has 26 heavy (non-hydrogen) atoms. The second kappa shape index (κ2) is 8.76. The first-order valence-electron chi connectivity index (χ1n) is 8.68. The van der Waals surface area contributed by atoms with Crippen molar-refractivity contribution in [3.8, 4) is 5.75 Å². The number of aromatic nitrogens is 3. The average molecular weight is 369 g/mol. The van der Waals surface area contributed by atoms with Crippen LogP contribution in [0.3, 0.4) is 0 Å². The zero-order valence-electron chi connectivity index (χ0n) is 15.4. The Hall–Kier alpha value is -2.47. The molecule has 136 valence electrons. The van der Waals surface area contributed by atoms with E-state index in [9.17, 15) is 0 Å². The molecule has 0 aliphatic rings. The van der Waals surface area contributed by atoms with Gasteiger partial charge >= 0.3 is 0 Å². The summed E-state index contributed by atoms with van der Waals surface area (Å²) in [5.74, 6) is 2.68. The van der Waals surface area contributed by atoms with Gasteiger partial charge in [0.1, 0.15) is 5.75 Å². The van der Waals surface area contributed by atoms with Crippen molar-refractivity contribution in [2.45, 2.75) is 37.8 Å². The van der Waals surface area contributed by atoms with Gasteiger partial charge in [-0.3, -0.25) is 0 Å². The summed E-state index contributed by atoms with van der Waals surface area (Å²) in [6.07, 6.45) is 0. The van der Waals surface area contributed by atoms with Crippen LogP contribution in [0.5, 0.6) is 5.75 Å². The van der Waals surface area contributed by atoms with E-state index in [0.717, 1.165) is 34.7 Å². The minimum Gasteiger partial charge on any atom is -0.497 e. The predicted molar refractivity (Wildman–Crippen MR) is 107 cm³/mol. The van der Waals surface area contributed by atoms with Crippen LogP contribution < -0.4 is 10.1 Å². The molecule has 0 unspecified atom stereocenters. The maximum atomic E-state index is 5.18. The summed E-state index contributed by atoms with van der Waals surface area (Å²) in [6.45, 7) is 5.71. The second-order valence-electron chi connectivity index (χ2n) is 6.00. The second-order valence-corrected chi connectivity index (χ2v) is 6.94. The van der Waals surface area contributed by atoms with E-state index < -0.39 is 0 Å². The van der Waals surface area contributed by atoms with E-state index in [-0.39, 0.29) is 0 Å². The normalized spacial score (nSPS) is 10.7. The van der Waals surface area contributed by atoms with Crippen molar-refractivity contribution in [2.75, 3.05) is 12.4 Å². The average Bonchev–Trinajstić information content (AvgIpc) is 3.08. The van der Waals surface area contributed by atoms with Crippen LogP contribution in [0.1, 0.15) is 23.9 Å². The Morgan fingerprint density at radius 3 is 2.42 bits per heavy atom. The highest BCUT2D eigenvalue weighted by Crippen LogP contribution is 2.23. The van der Waals surface area contributed by atoms with Crippen LogP contribution in [0.25, 0.3) is 0 Å². The first kappa shape index (κ1) is 18.3. The number of methoxy groups -OCH3 is 1. The summed E-state index contributed by atoms with van der Waals surface area (Å²) in [5, 5.41) is 13.1. The highest BCUT2D eigenvalue weighted by Gasteiger charge is 2.11. The third-order valence-corrected chi connectivity index (χ3v) is 5.18. The Bertz CT molecular complexity index is 828. The number of thioether (sulfide) groups is 1. The zero-order chi connectivity index (χ0) is 18.4. The molecule has 0 amide bonds. The molecule has 0 atom stereocenters. The van der Waals surface area contributed by atoms with Crippen LogP contribution in [0.15, 0.2) is 53.7 Å². The molecular formula is C20H24N4OS. The minimum atomic E-state index is 0.637. The molecule has 0 spiro atoms. The quantitative estimate of drug-likeness (QED) is 0.593. The van der Waals surface area contributed by atoms with Gasteiger partial charge in [0.15, 0.2) is 11.0 Å². The van der Waals surface area contributed by atoms with E-state index in [4.69, 9.17) is 4.74 Å². The van der Waals surface area contributed by atoms with E-state index in [1.165, 1.54) is 11.1 Å². The van der Waals surface area contributed by atoms with Gasteiger partial charge in [-0.05, 0) is 43.7 Å². The van der Waals surface area contributed by atoms with Crippen LogP contribution in [0, 0.1) is 6.92 Å². The molecule has 1 aromatic heterocycles. The fourth-order valence-corrected chi connectivity index (χ4v) is 3.57. The monoisotopic (exact) mass is 368 g/mol. The summed E-state index contributed by atoms with van der Waals surface area (Å²) in [6, 6.07) is 16.5. The molecule has 2 aromatic carbocycles. The largest absolute Gasteiger partial charge is 0.497 e. The van der Waals surface area contributed by atoms with Crippen molar-refractivity contribution in [1.29, 1.82) is 0 Å². The number of hydrogen-bond donors (Lipinski definition) is 1. The Balaban J connectivity index is 1.62. The van der Waals surface area contributed by atoms with Crippen molar-refractivity contribution >= 4 is 17.4 Å². The van der Waals surface area contributed by atoms with Crippen molar-refractivity contribution in [3.05, 3.63) is 65.5 Å². The van der Waals surface area contributed by atoms with Crippen LogP contribution in [0.4, 0.5) is 5.69 Å². The summed E-state index contributed by atoms with van der Waals surface area (Å²) < 4.78 is 7.35. The fourth-order valence-electron chi connectivity index (χ4n) is 2.60. The van der Waals surface area contributed by atoms with Gasteiger partial charge in [0.25, 0.3) is 0 Å². The Morgan fingerprint density at radius 1 is 1.04 bits per heavy atom. The third kappa shape index (κ3) is 4.58. The maximum absolute atomic E-state index is 5.18. The smallest absolute Gasteiger partial charge is 0.191 e. The van der Waals surface area contributed by atoms with Gasteiger partial charge in [-0.1, -0.05) is 41.6 Å². The molecule has 0 aliphatic carbocycles. The molecule has 0 saturated heterocycles. The summed E-state index contributed by atoms with van der Waals surface area (Å²) in [5.41, 5.74) is 3.61. The lowest BCUT2D eigenvalue weighted by Gasteiger charge is -2.09. The number of hydrogen-bond acceptors (Lipinski definition) is 5. The molecule has 0 saturated carbocycles. The van der Waals surface area contributed by atoms with Crippen LogP contribution in [-0.4, -0.2) is 21.9 Å². The number of nitrogens with one attached hydrogen (secondary N) is 1. The summed E-state index contributed by atoms with van der Waals surface area (Å²) in [4.78, 5) is 0. The molecule has 0 bridgehead atoms. The highest BCUT2D eigenvalue weighted by atomic mass is 32.2. The van der Waals surface area contributed by atoms with Gasteiger partial charge in [0, 0.05) is 18.0 Å². The third-order valence-electron chi connectivity index (χ3n) is 4.14. The van der Waals surface area contributed by atoms with Crippen LogP contribution >= 0.6 is 11.8 Å². The standard InChI is InChI=1S/C20H24N4OS/c1-4-24-19(13-21-17-9-11-18(25-3)12-10-17)22-23-20(24)26-14-16-7-5-15(2)6-8-16/h5-12,21H,4,13-14H2,1-3H3. The minimum absolute atomic E-state index is 0.637. The number of aryl methyl sites for hydroxylation is 1. The summed E-state index contributed by atoms with van der Waals surface area (Å²) >= 11 is 1.72. The van der Waals surface area contributed by atoms with Gasteiger partial charge in [0.2, 0.25) is 0 Å². The molecule has 5 nitrogen and oxygen atoms in total. The zero-order valence-corrected chi connectivity index (χ0v) is 16.2. The van der Waals surface area contributed by atoms with E-state index in [2.05, 4.69) is 58.2 Å². The van der Waals surface area contributed by atoms with Crippen LogP contribution in [-0.2, 0) is 18.8 Å². The van der Waals surface area contributed by atoms with Crippen LogP contribution in [0.2, 0.25) is 0 Å². The van der Waals surface area contributed by atoms with Crippen molar-refractivity contribution in [2.24, 2.45) is 0 Å². The summed E-state index contributed by atoms with van der Waals surface area (Å²) in [7, 11) is 1.67. The lowest BCUT2D eigenvalue weighted by molar-refractivity contribution is 0.415. The number of ether oxygens (including phenoxy) is 1. The molecule has 3 rings (SSSR count). The highest BCUT2D eigenvalue weighted by molar-refractivity contribution is 7.98. The molecule has 3 aromatic rings. The first-order chi connectivity index (χ1) is 12.7. The Labute approximate surface area is 158 Å². The number of rotatable bonds is 8. The maximum Gasteiger partial charge on any atom is 0.191 e. The van der Waals surface area contributed by atoms with E-state index >= 15 is 0 Å².